The summed E-state index contributed by atoms with van der Waals surface area (Å²) in [7, 11) is 1.40. The van der Waals surface area contributed by atoms with Crippen LogP contribution in [0.4, 0.5) is 15.4 Å². The quantitative estimate of drug-likeness (QED) is 0.814. The summed E-state index contributed by atoms with van der Waals surface area (Å²) in [5.41, 5.74) is -1.13. The maximum absolute atomic E-state index is 12.6. The number of rotatable bonds is 2. The molecule has 1 rings (SSSR count). The molecule has 8 heteroatoms. The lowest BCUT2D eigenvalue weighted by Gasteiger charge is -2.28. The van der Waals surface area contributed by atoms with Gasteiger partial charge in [-0.1, -0.05) is 0 Å². The number of carbonyl (C=O) groups excluding carboxylic acids is 2. The zero-order valence-corrected chi connectivity index (χ0v) is 15.5. The fraction of sp³-hybridized carbons (Fsp3) is 0.625. The maximum Gasteiger partial charge on any atom is 0.425 e. The normalized spacial score (nSPS) is 11.7. The molecular formula is C16H25N3O5. The lowest BCUT2D eigenvalue weighted by atomic mass is 10.2. The van der Waals surface area contributed by atoms with Crippen LogP contribution in [0.3, 0.4) is 0 Å². The van der Waals surface area contributed by atoms with Gasteiger partial charge in [-0.05, 0) is 48.5 Å². The highest BCUT2D eigenvalue weighted by molar-refractivity contribution is 6.09. The Kier molecular flexibility index (Phi) is 5.75. The largest absolute Gasteiger partial charge is 0.491 e. The van der Waals surface area contributed by atoms with E-state index in [-0.39, 0.29) is 11.6 Å². The molecule has 0 spiro atoms. The van der Waals surface area contributed by atoms with Gasteiger partial charge in [0, 0.05) is 0 Å². The minimum absolute atomic E-state index is 0.0338. The average molecular weight is 339 g/mol. The van der Waals surface area contributed by atoms with Gasteiger partial charge >= 0.3 is 12.2 Å². The number of hydrogen-bond donors (Lipinski definition) is 0. The van der Waals surface area contributed by atoms with Gasteiger partial charge in [-0.2, -0.15) is 4.90 Å². The lowest BCUT2D eigenvalue weighted by molar-refractivity contribution is 0.0427. The highest BCUT2D eigenvalue weighted by Gasteiger charge is 2.36. The third kappa shape index (κ3) is 5.36. The van der Waals surface area contributed by atoms with E-state index in [1.54, 1.807) is 48.5 Å². The number of hydrogen-bond acceptors (Lipinski definition) is 7. The maximum atomic E-state index is 12.6. The van der Waals surface area contributed by atoms with Gasteiger partial charge in [-0.15, -0.1) is 0 Å². The predicted molar refractivity (Wildman–Crippen MR) is 88.3 cm³/mol. The zero-order valence-electron chi connectivity index (χ0n) is 15.5. The van der Waals surface area contributed by atoms with Crippen LogP contribution in [0.5, 0.6) is 5.75 Å². The summed E-state index contributed by atoms with van der Waals surface area (Å²) in [5.74, 6) is 0.155. The Hall–Kier alpha value is -2.38. The number of aromatic nitrogens is 2. The van der Waals surface area contributed by atoms with E-state index in [2.05, 4.69) is 9.97 Å². The van der Waals surface area contributed by atoms with Crippen molar-refractivity contribution < 1.29 is 23.8 Å². The van der Waals surface area contributed by atoms with Crippen molar-refractivity contribution >= 4 is 18.0 Å². The summed E-state index contributed by atoms with van der Waals surface area (Å²) in [6.45, 7) is 11.8. The molecule has 0 atom stereocenters. The number of carbonyl (C=O) groups is 2. The molecule has 0 radical (unpaired) electrons. The molecule has 0 saturated heterocycles. The molecule has 2 amide bonds. The summed E-state index contributed by atoms with van der Waals surface area (Å²) < 4.78 is 15.8. The Morgan fingerprint density at radius 1 is 0.958 bits per heavy atom. The minimum atomic E-state index is -0.909. The molecule has 0 N–H and O–H groups in total. The van der Waals surface area contributed by atoms with Gasteiger partial charge in [-0.25, -0.2) is 19.6 Å². The second-order valence-corrected chi connectivity index (χ2v) is 7.11. The van der Waals surface area contributed by atoms with Gasteiger partial charge in [0.05, 0.1) is 12.8 Å². The topological polar surface area (TPSA) is 90.9 Å². The molecule has 0 fully saturated rings. The van der Waals surface area contributed by atoms with Gasteiger partial charge < -0.3 is 14.2 Å². The molecule has 1 heterocycles. The van der Waals surface area contributed by atoms with E-state index >= 15 is 0 Å². The van der Waals surface area contributed by atoms with Gasteiger partial charge in [0.15, 0.2) is 11.6 Å². The summed E-state index contributed by atoms with van der Waals surface area (Å²) in [6.07, 6.45) is -0.587. The van der Waals surface area contributed by atoms with E-state index in [1.807, 2.05) is 0 Å². The number of ether oxygens (including phenoxy) is 3. The van der Waals surface area contributed by atoms with E-state index in [9.17, 15) is 9.59 Å². The summed E-state index contributed by atoms with van der Waals surface area (Å²) in [5, 5.41) is 0. The molecule has 0 aromatic carbocycles. The molecule has 8 nitrogen and oxygen atoms in total. The molecule has 0 aliphatic carbocycles. The van der Waals surface area contributed by atoms with Crippen LogP contribution in [0.2, 0.25) is 0 Å². The number of amides is 2. The number of anilines is 1. The molecular weight excluding hydrogens is 314 g/mol. The Labute approximate surface area is 142 Å². The Morgan fingerprint density at radius 3 is 1.79 bits per heavy atom. The number of aryl methyl sites for hydroxylation is 1. The SMILES string of the molecule is COc1c(C)ncnc1N(C(=O)OC(C)(C)C)C(=O)OC(C)(C)C. The monoisotopic (exact) mass is 339 g/mol. The van der Waals surface area contributed by atoms with Crippen LogP contribution in [0.1, 0.15) is 47.2 Å². The van der Waals surface area contributed by atoms with Crippen molar-refractivity contribution in [1.82, 2.24) is 9.97 Å². The van der Waals surface area contributed by atoms with Crippen molar-refractivity contribution in [2.75, 3.05) is 12.0 Å². The van der Waals surface area contributed by atoms with Crippen molar-refractivity contribution in [1.29, 1.82) is 0 Å². The van der Waals surface area contributed by atoms with E-state index in [0.717, 1.165) is 0 Å². The van der Waals surface area contributed by atoms with Crippen LogP contribution in [0.15, 0.2) is 6.33 Å². The van der Waals surface area contributed by atoms with Crippen LogP contribution in [-0.2, 0) is 9.47 Å². The number of imide groups is 1. The molecule has 0 aliphatic rings. The summed E-state index contributed by atoms with van der Waals surface area (Å²) >= 11 is 0. The van der Waals surface area contributed by atoms with Crippen LogP contribution < -0.4 is 9.64 Å². The average Bonchev–Trinajstić information content (AvgIpc) is 2.34. The molecule has 24 heavy (non-hydrogen) atoms. The highest BCUT2D eigenvalue weighted by atomic mass is 16.6. The smallest absolute Gasteiger partial charge is 0.425 e. The minimum Gasteiger partial charge on any atom is -0.491 e. The van der Waals surface area contributed by atoms with Crippen molar-refractivity contribution in [3.63, 3.8) is 0 Å². The first-order valence-electron chi connectivity index (χ1n) is 7.47. The van der Waals surface area contributed by atoms with Gasteiger partial charge in [0.25, 0.3) is 0 Å². The van der Waals surface area contributed by atoms with Crippen molar-refractivity contribution in [3.05, 3.63) is 12.0 Å². The van der Waals surface area contributed by atoms with Crippen LogP contribution in [0, 0.1) is 6.92 Å². The van der Waals surface area contributed by atoms with E-state index < -0.39 is 23.4 Å². The van der Waals surface area contributed by atoms with Crippen LogP contribution >= 0.6 is 0 Å². The third-order valence-corrected chi connectivity index (χ3v) is 2.53. The molecule has 0 aliphatic heterocycles. The fourth-order valence-corrected chi connectivity index (χ4v) is 1.71. The Balaban J connectivity index is 3.36. The summed E-state index contributed by atoms with van der Waals surface area (Å²) in [4.78, 5) is 33.8. The van der Waals surface area contributed by atoms with E-state index in [4.69, 9.17) is 14.2 Å². The lowest BCUT2D eigenvalue weighted by Crippen LogP contribution is -2.44. The van der Waals surface area contributed by atoms with E-state index in [0.29, 0.717) is 10.6 Å². The molecule has 0 bridgehead atoms. The number of nitrogens with zero attached hydrogens (tertiary/aromatic N) is 3. The zero-order chi connectivity index (χ0) is 18.7. The fourth-order valence-electron chi connectivity index (χ4n) is 1.71. The summed E-state index contributed by atoms with van der Waals surface area (Å²) in [6, 6.07) is 0. The molecule has 1 aromatic heterocycles. The van der Waals surface area contributed by atoms with E-state index in [1.165, 1.54) is 13.4 Å². The molecule has 134 valence electrons. The van der Waals surface area contributed by atoms with Crippen molar-refractivity contribution in [2.45, 2.75) is 59.7 Å². The standard InChI is InChI=1S/C16H25N3O5/c1-10-11(22-8)12(18-9-17-10)19(13(20)23-15(2,3)4)14(21)24-16(5,6)7/h9H,1-8H3. The Morgan fingerprint density at radius 2 is 1.42 bits per heavy atom. The first-order valence-corrected chi connectivity index (χ1v) is 7.47. The molecule has 0 unspecified atom stereocenters. The third-order valence-electron chi connectivity index (χ3n) is 2.53. The van der Waals surface area contributed by atoms with Crippen molar-refractivity contribution in [3.8, 4) is 5.75 Å². The predicted octanol–water partition coefficient (Wildman–Crippen LogP) is 3.47. The first kappa shape index (κ1) is 19.7. The number of methoxy groups -OCH3 is 1. The van der Waals surface area contributed by atoms with Gasteiger partial charge in [-0.3, -0.25) is 0 Å². The van der Waals surface area contributed by atoms with Crippen LogP contribution in [-0.4, -0.2) is 40.5 Å². The highest BCUT2D eigenvalue weighted by Crippen LogP contribution is 2.30. The van der Waals surface area contributed by atoms with Crippen LogP contribution in [0.25, 0.3) is 0 Å². The molecule has 0 saturated carbocycles. The first-order chi connectivity index (χ1) is 10.9. The van der Waals surface area contributed by atoms with Crippen molar-refractivity contribution in [2.24, 2.45) is 0 Å². The second-order valence-electron chi connectivity index (χ2n) is 7.11. The van der Waals surface area contributed by atoms with Gasteiger partial charge in [0.2, 0.25) is 0 Å². The Bertz CT molecular complexity index is 589. The second kappa shape index (κ2) is 7.02. The molecule has 1 aromatic rings. The van der Waals surface area contributed by atoms with Gasteiger partial charge in [0.1, 0.15) is 17.5 Å².